The summed E-state index contributed by atoms with van der Waals surface area (Å²) in [6.45, 7) is -1.12. The summed E-state index contributed by atoms with van der Waals surface area (Å²) < 4.78 is 12.8. The molecule has 5 nitrogen and oxygen atoms in total. The number of alkyl halides is 1. The van der Waals surface area contributed by atoms with E-state index in [2.05, 4.69) is 0 Å². The second kappa shape index (κ2) is 5.39. The molecule has 0 amide bonds. The molecule has 0 heterocycles. The van der Waals surface area contributed by atoms with Crippen LogP contribution in [0.4, 0.5) is 4.39 Å². The van der Waals surface area contributed by atoms with Crippen molar-refractivity contribution in [2.24, 2.45) is 5.73 Å². The monoisotopic (exact) mass is 183 g/mol. The van der Waals surface area contributed by atoms with E-state index in [0.29, 0.717) is 0 Å². The number of aliphatic hydroxyl groups is 4. The Hall–Kier alpha value is -0.270. The van der Waals surface area contributed by atoms with Gasteiger partial charge in [-0.3, -0.25) is 0 Å². The first-order valence-corrected chi connectivity index (χ1v) is 3.53. The molecule has 4 atom stereocenters. The van der Waals surface area contributed by atoms with Gasteiger partial charge in [-0.05, 0) is 0 Å². The second-order valence-electron chi connectivity index (χ2n) is 2.49. The summed E-state index contributed by atoms with van der Waals surface area (Å²) in [4.78, 5) is 0. The van der Waals surface area contributed by atoms with Crippen molar-refractivity contribution in [2.45, 2.75) is 24.5 Å². The van der Waals surface area contributed by atoms with Gasteiger partial charge in [-0.2, -0.15) is 0 Å². The van der Waals surface area contributed by atoms with Crippen molar-refractivity contribution >= 4 is 0 Å². The largest absolute Gasteiger partial charge is 0.394 e. The van der Waals surface area contributed by atoms with Gasteiger partial charge >= 0.3 is 0 Å². The molecule has 0 saturated heterocycles. The summed E-state index contributed by atoms with van der Waals surface area (Å²) in [6.07, 6.45) is -6.98. The van der Waals surface area contributed by atoms with Gasteiger partial charge in [0.2, 0.25) is 0 Å². The quantitative estimate of drug-likeness (QED) is 0.320. The summed E-state index contributed by atoms with van der Waals surface area (Å²) >= 11 is 0. The topological polar surface area (TPSA) is 107 Å². The van der Waals surface area contributed by atoms with Crippen LogP contribution in [0, 0.1) is 0 Å². The molecule has 0 fully saturated rings. The number of rotatable bonds is 5. The van der Waals surface area contributed by atoms with Gasteiger partial charge in [0.25, 0.3) is 0 Å². The first kappa shape index (κ1) is 11.7. The Morgan fingerprint density at radius 2 is 1.67 bits per heavy atom. The van der Waals surface area contributed by atoms with Crippen LogP contribution >= 0.6 is 0 Å². The maximum Gasteiger partial charge on any atom is 0.155 e. The van der Waals surface area contributed by atoms with Crippen LogP contribution in [-0.2, 0) is 0 Å². The van der Waals surface area contributed by atoms with Crippen LogP contribution in [0.25, 0.3) is 0 Å². The van der Waals surface area contributed by atoms with Crippen molar-refractivity contribution in [2.75, 3.05) is 13.2 Å². The first-order chi connectivity index (χ1) is 5.54. The SMILES string of the molecule is NCC(O)C(F)C(O)C(O)CO. The molecular weight excluding hydrogens is 169 g/mol. The van der Waals surface area contributed by atoms with Gasteiger partial charge in [0, 0.05) is 6.54 Å². The molecule has 0 aromatic heterocycles. The van der Waals surface area contributed by atoms with Gasteiger partial charge in [0.05, 0.1) is 6.61 Å². The Bertz CT molecular complexity index is 112. The molecule has 0 aromatic carbocycles. The molecule has 0 aliphatic heterocycles. The summed E-state index contributed by atoms with van der Waals surface area (Å²) in [7, 11) is 0. The highest BCUT2D eigenvalue weighted by atomic mass is 19.1. The predicted octanol–water partition coefficient (Wildman–Crippen LogP) is -2.64. The van der Waals surface area contributed by atoms with Crippen LogP contribution in [-0.4, -0.2) is 58.1 Å². The van der Waals surface area contributed by atoms with E-state index in [1.54, 1.807) is 0 Å². The Labute approximate surface area is 69.2 Å². The third-order valence-corrected chi connectivity index (χ3v) is 1.52. The smallest absolute Gasteiger partial charge is 0.155 e. The molecule has 0 spiro atoms. The van der Waals surface area contributed by atoms with Gasteiger partial charge in [-0.15, -0.1) is 0 Å². The Kier molecular flexibility index (Phi) is 5.27. The summed E-state index contributed by atoms with van der Waals surface area (Å²) in [5, 5.41) is 34.7. The molecular formula is C6H14FNO4. The summed E-state index contributed by atoms with van der Waals surface area (Å²) in [5.74, 6) is 0. The van der Waals surface area contributed by atoms with Crippen LogP contribution < -0.4 is 5.73 Å². The van der Waals surface area contributed by atoms with E-state index in [9.17, 15) is 4.39 Å². The average molecular weight is 183 g/mol. The lowest BCUT2D eigenvalue weighted by atomic mass is 10.1. The maximum atomic E-state index is 12.8. The van der Waals surface area contributed by atoms with Gasteiger partial charge in [0.1, 0.15) is 18.3 Å². The maximum absolute atomic E-state index is 12.8. The van der Waals surface area contributed by atoms with E-state index in [-0.39, 0.29) is 6.54 Å². The van der Waals surface area contributed by atoms with Gasteiger partial charge in [0.15, 0.2) is 6.17 Å². The normalized spacial score (nSPS) is 21.5. The minimum absolute atomic E-state index is 0.351. The molecule has 0 saturated carbocycles. The standard InChI is InChI=1S/C6H14FNO4/c7-5(3(10)1-8)6(12)4(11)2-9/h3-6,9-12H,1-2,8H2. The fourth-order valence-electron chi connectivity index (χ4n) is 0.678. The molecule has 74 valence electrons. The lowest BCUT2D eigenvalue weighted by molar-refractivity contribution is -0.0824. The zero-order valence-corrected chi connectivity index (χ0v) is 6.47. The molecule has 0 aromatic rings. The number of nitrogens with two attached hydrogens (primary N) is 1. The fourth-order valence-corrected chi connectivity index (χ4v) is 0.678. The molecule has 6 heteroatoms. The molecule has 0 bridgehead atoms. The fraction of sp³-hybridized carbons (Fsp3) is 1.00. The zero-order valence-electron chi connectivity index (χ0n) is 6.47. The number of hydrogen-bond donors (Lipinski definition) is 5. The van der Waals surface area contributed by atoms with E-state index < -0.39 is 31.1 Å². The van der Waals surface area contributed by atoms with E-state index >= 15 is 0 Å². The van der Waals surface area contributed by atoms with Crippen molar-refractivity contribution in [3.8, 4) is 0 Å². The van der Waals surface area contributed by atoms with Crippen LogP contribution in [0.15, 0.2) is 0 Å². The average Bonchev–Trinajstić information content (AvgIpc) is 2.12. The number of hydrogen-bond acceptors (Lipinski definition) is 5. The van der Waals surface area contributed by atoms with Crippen molar-refractivity contribution in [1.29, 1.82) is 0 Å². The predicted molar refractivity (Wildman–Crippen MR) is 39.1 cm³/mol. The third-order valence-electron chi connectivity index (χ3n) is 1.52. The Balaban J connectivity index is 3.99. The summed E-state index contributed by atoms with van der Waals surface area (Å²) in [5.41, 5.74) is 4.91. The van der Waals surface area contributed by atoms with Gasteiger partial charge < -0.3 is 26.2 Å². The molecule has 0 rings (SSSR count). The highest BCUT2D eigenvalue weighted by molar-refractivity contribution is 4.81. The van der Waals surface area contributed by atoms with E-state index in [1.165, 1.54) is 0 Å². The zero-order chi connectivity index (χ0) is 9.72. The van der Waals surface area contributed by atoms with Crippen molar-refractivity contribution in [1.82, 2.24) is 0 Å². The first-order valence-electron chi connectivity index (χ1n) is 3.53. The second-order valence-corrected chi connectivity index (χ2v) is 2.49. The Morgan fingerprint density at radius 3 is 2.00 bits per heavy atom. The minimum Gasteiger partial charge on any atom is -0.394 e. The van der Waals surface area contributed by atoms with Crippen molar-refractivity contribution < 1.29 is 24.8 Å². The number of aliphatic hydroxyl groups excluding tert-OH is 4. The molecule has 0 radical (unpaired) electrons. The summed E-state index contributed by atoms with van der Waals surface area (Å²) in [6, 6.07) is 0. The van der Waals surface area contributed by atoms with E-state index in [1.807, 2.05) is 0 Å². The lowest BCUT2D eigenvalue weighted by Crippen LogP contribution is -2.45. The highest BCUT2D eigenvalue weighted by Gasteiger charge is 2.30. The molecule has 12 heavy (non-hydrogen) atoms. The molecule has 0 aliphatic carbocycles. The van der Waals surface area contributed by atoms with Crippen LogP contribution in [0.5, 0.6) is 0 Å². The van der Waals surface area contributed by atoms with E-state index in [0.717, 1.165) is 0 Å². The van der Waals surface area contributed by atoms with Crippen LogP contribution in [0.2, 0.25) is 0 Å². The van der Waals surface area contributed by atoms with E-state index in [4.69, 9.17) is 26.2 Å². The lowest BCUT2D eigenvalue weighted by Gasteiger charge is -2.22. The van der Waals surface area contributed by atoms with Crippen molar-refractivity contribution in [3.63, 3.8) is 0 Å². The van der Waals surface area contributed by atoms with Crippen molar-refractivity contribution in [3.05, 3.63) is 0 Å². The van der Waals surface area contributed by atoms with Gasteiger partial charge in [-0.1, -0.05) is 0 Å². The molecule has 6 N–H and O–H groups in total. The van der Waals surface area contributed by atoms with Crippen LogP contribution in [0.3, 0.4) is 0 Å². The Morgan fingerprint density at radius 1 is 1.17 bits per heavy atom. The molecule has 0 aliphatic rings. The van der Waals surface area contributed by atoms with Gasteiger partial charge in [-0.25, -0.2) is 4.39 Å². The minimum atomic E-state index is -2.04. The molecule has 4 unspecified atom stereocenters. The van der Waals surface area contributed by atoms with Crippen LogP contribution in [0.1, 0.15) is 0 Å². The third kappa shape index (κ3) is 3.00. The number of halogens is 1. The highest BCUT2D eigenvalue weighted by Crippen LogP contribution is 2.08.